The van der Waals surface area contributed by atoms with E-state index >= 15 is 0 Å². The summed E-state index contributed by atoms with van der Waals surface area (Å²) in [5.74, 6) is 1.26. The summed E-state index contributed by atoms with van der Waals surface area (Å²) < 4.78 is 0. The third-order valence-corrected chi connectivity index (χ3v) is 9.12. The van der Waals surface area contributed by atoms with Crippen LogP contribution in [-0.4, -0.2) is 41.3 Å². The number of hydrogen-bond donors (Lipinski definition) is 3. The van der Waals surface area contributed by atoms with Crippen molar-refractivity contribution < 1.29 is 9.59 Å². The van der Waals surface area contributed by atoms with Gasteiger partial charge in [0.15, 0.2) is 5.96 Å². The van der Waals surface area contributed by atoms with E-state index in [0.717, 1.165) is 56.1 Å². The molecule has 2 aromatic rings. The van der Waals surface area contributed by atoms with Crippen LogP contribution < -0.4 is 10.6 Å². The highest BCUT2D eigenvalue weighted by Gasteiger charge is 2.49. The number of carbonyl (C=O) groups is 2. The molecule has 3 atom stereocenters. The Kier molecular flexibility index (Phi) is 8.15. The largest absolute Gasteiger partial charge is 0.349 e. The van der Waals surface area contributed by atoms with Crippen molar-refractivity contribution in [3.05, 3.63) is 60.2 Å². The molecular weight excluding hydrogens is 472 g/mol. The molecule has 0 radical (unpaired) electrons. The molecule has 38 heavy (non-hydrogen) atoms. The Morgan fingerprint density at radius 1 is 0.974 bits per heavy atom. The molecule has 1 heterocycles. The van der Waals surface area contributed by atoms with Gasteiger partial charge in [0.25, 0.3) is 11.8 Å². The molecule has 3 aliphatic rings. The van der Waals surface area contributed by atoms with Gasteiger partial charge in [0.05, 0.1) is 0 Å². The third-order valence-electron chi connectivity index (χ3n) is 9.12. The summed E-state index contributed by atoms with van der Waals surface area (Å²) in [7, 11) is 1.72. The van der Waals surface area contributed by atoms with E-state index < -0.39 is 5.54 Å². The highest BCUT2D eigenvalue weighted by atomic mass is 16.2. The van der Waals surface area contributed by atoms with Crippen LogP contribution in [0.4, 0.5) is 0 Å². The fraction of sp³-hybridized carbons (Fsp3) is 0.531. The standard InChI is InChI=1S/C32H42N4O2/c1-36-30(38)32(35-31(36)33,20-19-23-11-4-2-5-12-23)22-24-13-10-16-26(21-24)34-29(37)28-18-9-8-17-27(28)25-14-6-3-7-15-25/h3,6-9,14-15,17-18,23-24,26H,2,4-5,10-13,16,19-22H2,1H3,(H2,33,35)(H,34,37)/t24-,26?,32+/m0/s1. The number of nitrogens with zero attached hydrogens (tertiary/aromatic N) is 1. The first kappa shape index (κ1) is 26.5. The van der Waals surface area contributed by atoms with E-state index in [1.807, 2.05) is 54.6 Å². The fourth-order valence-corrected chi connectivity index (χ4v) is 7.04. The van der Waals surface area contributed by atoms with Gasteiger partial charge in [-0.25, -0.2) is 0 Å². The Morgan fingerprint density at radius 3 is 2.42 bits per heavy atom. The van der Waals surface area contributed by atoms with Crippen molar-refractivity contribution >= 4 is 17.8 Å². The first-order valence-electron chi connectivity index (χ1n) is 14.6. The summed E-state index contributed by atoms with van der Waals surface area (Å²) in [6.07, 6.45) is 13.0. The lowest BCUT2D eigenvalue weighted by Gasteiger charge is -2.37. The minimum atomic E-state index is -0.681. The van der Waals surface area contributed by atoms with Crippen LogP contribution in [0.5, 0.6) is 0 Å². The first-order chi connectivity index (χ1) is 18.4. The maximum absolute atomic E-state index is 13.5. The second kappa shape index (κ2) is 11.7. The lowest BCUT2D eigenvalue weighted by molar-refractivity contribution is -0.131. The van der Waals surface area contributed by atoms with Crippen molar-refractivity contribution in [2.75, 3.05) is 7.05 Å². The maximum Gasteiger partial charge on any atom is 0.254 e. The van der Waals surface area contributed by atoms with Gasteiger partial charge < -0.3 is 10.6 Å². The Bertz CT molecular complexity index is 1140. The molecule has 2 amide bonds. The van der Waals surface area contributed by atoms with Crippen molar-refractivity contribution in [1.29, 1.82) is 5.41 Å². The molecule has 2 aromatic carbocycles. The minimum Gasteiger partial charge on any atom is -0.349 e. The van der Waals surface area contributed by atoms with Crippen molar-refractivity contribution in [2.24, 2.45) is 11.8 Å². The summed E-state index contributed by atoms with van der Waals surface area (Å²) in [5, 5.41) is 15.0. The van der Waals surface area contributed by atoms with Crippen molar-refractivity contribution in [1.82, 2.24) is 15.5 Å². The summed E-state index contributed by atoms with van der Waals surface area (Å²) in [6.45, 7) is 0. The van der Waals surface area contributed by atoms with Gasteiger partial charge in [-0.15, -0.1) is 0 Å². The van der Waals surface area contributed by atoms with Crippen LogP contribution >= 0.6 is 0 Å². The molecule has 202 valence electrons. The monoisotopic (exact) mass is 514 g/mol. The van der Waals surface area contributed by atoms with Crippen LogP contribution in [0.1, 0.15) is 87.4 Å². The number of guanidine groups is 1. The van der Waals surface area contributed by atoms with Crippen LogP contribution in [0.3, 0.4) is 0 Å². The topological polar surface area (TPSA) is 85.3 Å². The lowest BCUT2D eigenvalue weighted by Crippen LogP contribution is -2.50. The van der Waals surface area contributed by atoms with E-state index in [1.54, 1.807) is 7.05 Å². The van der Waals surface area contributed by atoms with Crippen LogP contribution in [0.15, 0.2) is 54.6 Å². The van der Waals surface area contributed by atoms with Crippen LogP contribution in [0.2, 0.25) is 0 Å². The van der Waals surface area contributed by atoms with Crippen LogP contribution in [0.25, 0.3) is 11.1 Å². The predicted octanol–water partition coefficient (Wildman–Crippen LogP) is 6.13. The third kappa shape index (κ3) is 5.79. The quantitative estimate of drug-likeness (QED) is 0.396. The van der Waals surface area contributed by atoms with Crippen molar-refractivity contribution in [2.45, 2.75) is 88.6 Å². The van der Waals surface area contributed by atoms with Gasteiger partial charge in [0.1, 0.15) is 5.54 Å². The number of amides is 2. The SMILES string of the molecule is CN1C(=N)N[C@](CCC2CCCCC2)(C[C@H]2CCCC(NC(=O)c3ccccc3-c3ccccc3)C2)C1=O. The molecule has 0 bridgehead atoms. The zero-order valence-electron chi connectivity index (χ0n) is 22.7. The molecule has 0 aromatic heterocycles. The molecule has 3 N–H and O–H groups in total. The van der Waals surface area contributed by atoms with E-state index in [9.17, 15) is 9.59 Å². The summed E-state index contributed by atoms with van der Waals surface area (Å²) in [6, 6.07) is 17.9. The maximum atomic E-state index is 13.5. The lowest BCUT2D eigenvalue weighted by atomic mass is 9.74. The molecule has 2 aliphatic carbocycles. The van der Waals surface area contributed by atoms with E-state index in [2.05, 4.69) is 10.6 Å². The first-order valence-corrected chi connectivity index (χ1v) is 14.6. The van der Waals surface area contributed by atoms with Gasteiger partial charge in [-0.1, -0.05) is 93.5 Å². The highest BCUT2D eigenvalue weighted by molar-refractivity contribution is 6.07. The zero-order chi connectivity index (χ0) is 26.5. The Hall–Kier alpha value is -3.15. The smallest absolute Gasteiger partial charge is 0.254 e. The van der Waals surface area contributed by atoms with E-state index in [0.29, 0.717) is 17.4 Å². The number of hydrogen-bond acceptors (Lipinski definition) is 3. The number of rotatable bonds is 8. The van der Waals surface area contributed by atoms with Gasteiger partial charge in [0, 0.05) is 18.7 Å². The Morgan fingerprint density at radius 2 is 1.68 bits per heavy atom. The molecule has 1 saturated heterocycles. The second-order valence-electron chi connectivity index (χ2n) is 11.8. The molecule has 6 heteroatoms. The summed E-state index contributed by atoms with van der Waals surface area (Å²) >= 11 is 0. The molecule has 0 spiro atoms. The second-order valence-corrected chi connectivity index (χ2v) is 11.8. The molecule has 1 unspecified atom stereocenters. The van der Waals surface area contributed by atoms with E-state index in [-0.39, 0.29) is 23.8 Å². The van der Waals surface area contributed by atoms with Crippen LogP contribution in [0, 0.1) is 17.2 Å². The Balaban J connectivity index is 1.26. The van der Waals surface area contributed by atoms with Crippen molar-refractivity contribution in [3.63, 3.8) is 0 Å². The van der Waals surface area contributed by atoms with Gasteiger partial charge in [-0.05, 0) is 61.1 Å². The van der Waals surface area contributed by atoms with Crippen molar-refractivity contribution in [3.8, 4) is 11.1 Å². The average molecular weight is 515 g/mol. The molecule has 5 rings (SSSR count). The summed E-state index contributed by atoms with van der Waals surface area (Å²) in [5.41, 5.74) is 2.01. The van der Waals surface area contributed by atoms with Gasteiger partial charge in [0.2, 0.25) is 0 Å². The van der Waals surface area contributed by atoms with E-state index in [1.165, 1.54) is 37.0 Å². The molecule has 2 saturated carbocycles. The normalized spacial score (nSPS) is 26.3. The zero-order valence-corrected chi connectivity index (χ0v) is 22.7. The molecular formula is C32H42N4O2. The van der Waals surface area contributed by atoms with E-state index in [4.69, 9.17) is 5.41 Å². The molecule has 1 aliphatic heterocycles. The fourth-order valence-electron chi connectivity index (χ4n) is 7.04. The van der Waals surface area contributed by atoms with Gasteiger partial charge in [-0.3, -0.25) is 19.9 Å². The van der Waals surface area contributed by atoms with Gasteiger partial charge >= 0.3 is 0 Å². The molecule has 6 nitrogen and oxygen atoms in total. The predicted molar refractivity (Wildman–Crippen MR) is 152 cm³/mol. The number of benzene rings is 2. The summed E-state index contributed by atoms with van der Waals surface area (Å²) in [4.78, 5) is 28.4. The molecule has 3 fully saturated rings. The Labute approximate surface area is 227 Å². The highest BCUT2D eigenvalue weighted by Crippen LogP contribution is 2.38. The average Bonchev–Trinajstić information content (AvgIpc) is 3.16. The minimum absolute atomic E-state index is 0.0290. The number of nitrogens with one attached hydrogen (secondary N) is 3. The van der Waals surface area contributed by atoms with Crippen LogP contribution in [-0.2, 0) is 4.79 Å². The number of likely N-dealkylation sites (N-methyl/N-ethyl adjacent to an activating group) is 1. The van der Waals surface area contributed by atoms with Gasteiger partial charge in [-0.2, -0.15) is 0 Å². The number of carbonyl (C=O) groups excluding carboxylic acids is 2.